The van der Waals surface area contributed by atoms with E-state index in [0.717, 1.165) is 10.7 Å². The SMILES string of the molecule is Cc1csc(CCNS(=O)(=O)c2cnn(CCCO)c2)n1. The third-order valence-corrected chi connectivity index (χ3v) is 5.20. The standard InChI is InChI=1S/C12H18N4O3S2/c1-10-9-20-12(15-10)3-4-14-21(18,19)11-7-13-16(8-11)5-2-6-17/h7-9,14,17H,2-6H2,1H3. The molecule has 9 heteroatoms. The summed E-state index contributed by atoms with van der Waals surface area (Å²) in [6.07, 6.45) is 3.88. The molecule has 0 spiro atoms. The number of rotatable bonds is 8. The second kappa shape index (κ2) is 7.12. The minimum atomic E-state index is -3.55. The van der Waals surface area contributed by atoms with E-state index in [-0.39, 0.29) is 11.5 Å². The van der Waals surface area contributed by atoms with Gasteiger partial charge in [0, 0.05) is 43.4 Å². The third kappa shape index (κ3) is 4.60. The smallest absolute Gasteiger partial charge is 0.243 e. The highest BCUT2D eigenvalue weighted by Gasteiger charge is 2.16. The Morgan fingerprint density at radius 1 is 1.48 bits per heavy atom. The van der Waals surface area contributed by atoms with Crippen LogP contribution in [0.1, 0.15) is 17.1 Å². The number of aliphatic hydroxyl groups excluding tert-OH is 1. The molecule has 2 N–H and O–H groups in total. The average Bonchev–Trinajstić information content (AvgIpc) is 3.06. The number of aliphatic hydroxyl groups is 1. The second-order valence-electron chi connectivity index (χ2n) is 4.55. The third-order valence-electron chi connectivity index (χ3n) is 2.76. The Balaban J connectivity index is 1.90. The quantitative estimate of drug-likeness (QED) is 0.737. The average molecular weight is 330 g/mol. The van der Waals surface area contributed by atoms with Crippen molar-refractivity contribution in [3.05, 3.63) is 28.5 Å². The van der Waals surface area contributed by atoms with Gasteiger partial charge in [0.05, 0.1) is 11.2 Å². The van der Waals surface area contributed by atoms with Crippen LogP contribution in [0, 0.1) is 6.92 Å². The van der Waals surface area contributed by atoms with Gasteiger partial charge in [0.15, 0.2) is 0 Å². The Hall–Kier alpha value is -1.29. The topological polar surface area (TPSA) is 97.1 Å². The molecule has 2 rings (SSSR count). The largest absolute Gasteiger partial charge is 0.396 e. The van der Waals surface area contributed by atoms with Crippen molar-refractivity contribution in [2.75, 3.05) is 13.2 Å². The van der Waals surface area contributed by atoms with Crippen LogP contribution in [0.2, 0.25) is 0 Å². The van der Waals surface area contributed by atoms with Gasteiger partial charge in [0.25, 0.3) is 0 Å². The van der Waals surface area contributed by atoms with Gasteiger partial charge in [-0.15, -0.1) is 11.3 Å². The summed E-state index contributed by atoms with van der Waals surface area (Å²) in [6.45, 7) is 2.75. The van der Waals surface area contributed by atoms with Gasteiger partial charge in [-0.25, -0.2) is 18.1 Å². The Morgan fingerprint density at radius 2 is 2.29 bits per heavy atom. The molecule has 0 saturated carbocycles. The zero-order valence-electron chi connectivity index (χ0n) is 11.7. The van der Waals surface area contributed by atoms with Crippen LogP contribution in [-0.2, 0) is 23.0 Å². The van der Waals surface area contributed by atoms with Crippen molar-refractivity contribution in [3.8, 4) is 0 Å². The van der Waals surface area contributed by atoms with Crippen molar-refractivity contribution >= 4 is 21.4 Å². The molecule has 0 bridgehead atoms. The minimum Gasteiger partial charge on any atom is -0.396 e. The molecule has 0 aliphatic heterocycles. The van der Waals surface area contributed by atoms with Gasteiger partial charge in [-0.1, -0.05) is 0 Å². The van der Waals surface area contributed by atoms with E-state index in [1.807, 2.05) is 12.3 Å². The van der Waals surface area contributed by atoms with Gasteiger partial charge in [-0.3, -0.25) is 4.68 Å². The lowest BCUT2D eigenvalue weighted by Crippen LogP contribution is -2.25. The number of aromatic nitrogens is 3. The Morgan fingerprint density at radius 3 is 2.95 bits per heavy atom. The maximum atomic E-state index is 12.1. The Kier molecular flexibility index (Phi) is 5.45. The molecule has 0 fully saturated rings. The lowest BCUT2D eigenvalue weighted by atomic mass is 10.4. The van der Waals surface area contributed by atoms with Crippen molar-refractivity contribution in [1.82, 2.24) is 19.5 Å². The molecule has 0 saturated heterocycles. The Bertz CT molecular complexity index is 678. The van der Waals surface area contributed by atoms with Crippen LogP contribution in [0.15, 0.2) is 22.7 Å². The second-order valence-corrected chi connectivity index (χ2v) is 7.26. The molecule has 0 unspecified atom stereocenters. The molecule has 0 aliphatic rings. The molecule has 2 aromatic heterocycles. The van der Waals surface area contributed by atoms with E-state index < -0.39 is 10.0 Å². The fourth-order valence-corrected chi connectivity index (χ4v) is 3.49. The summed E-state index contributed by atoms with van der Waals surface area (Å²) in [4.78, 5) is 4.42. The summed E-state index contributed by atoms with van der Waals surface area (Å²) >= 11 is 1.52. The number of nitrogens with zero attached hydrogens (tertiary/aromatic N) is 3. The monoisotopic (exact) mass is 330 g/mol. The van der Waals surface area contributed by atoms with E-state index in [9.17, 15) is 8.42 Å². The van der Waals surface area contributed by atoms with Crippen LogP contribution in [0.4, 0.5) is 0 Å². The first-order valence-corrected chi connectivity index (χ1v) is 8.91. The van der Waals surface area contributed by atoms with Crippen molar-refractivity contribution < 1.29 is 13.5 Å². The molecule has 0 atom stereocenters. The van der Waals surface area contributed by atoms with Crippen molar-refractivity contribution in [2.24, 2.45) is 0 Å². The van der Waals surface area contributed by atoms with Crippen LogP contribution < -0.4 is 4.72 Å². The maximum absolute atomic E-state index is 12.1. The molecule has 2 aromatic rings. The molecule has 0 aromatic carbocycles. The molecule has 2 heterocycles. The lowest BCUT2D eigenvalue weighted by Gasteiger charge is -2.03. The highest BCUT2D eigenvalue weighted by molar-refractivity contribution is 7.89. The van der Waals surface area contributed by atoms with Crippen molar-refractivity contribution in [2.45, 2.75) is 31.2 Å². The van der Waals surface area contributed by atoms with Gasteiger partial charge >= 0.3 is 0 Å². The summed E-state index contributed by atoms with van der Waals surface area (Å²) < 4.78 is 28.2. The molecule has 21 heavy (non-hydrogen) atoms. The molecule has 7 nitrogen and oxygen atoms in total. The van der Waals surface area contributed by atoms with E-state index in [1.54, 1.807) is 0 Å². The number of nitrogens with one attached hydrogen (secondary N) is 1. The van der Waals surface area contributed by atoms with Gasteiger partial charge < -0.3 is 5.11 Å². The van der Waals surface area contributed by atoms with E-state index in [4.69, 9.17) is 5.11 Å². The van der Waals surface area contributed by atoms with E-state index in [0.29, 0.717) is 25.9 Å². The Labute approximate surface area is 127 Å². The molecule has 116 valence electrons. The highest BCUT2D eigenvalue weighted by atomic mass is 32.2. The highest BCUT2D eigenvalue weighted by Crippen LogP contribution is 2.10. The zero-order valence-corrected chi connectivity index (χ0v) is 13.3. The van der Waals surface area contributed by atoms with Crippen LogP contribution in [0.25, 0.3) is 0 Å². The maximum Gasteiger partial charge on any atom is 0.243 e. The number of sulfonamides is 1. The first kappa shape index (κ1) is 16.1. The van der Waals surface area contributed by atoms with Crippen LogP contribution in [0.5, 0.6) is 0 Å². The molecule has 0 amide bonds. The predicted octanol–water partition coefficient (Wildman–Crippen LogP) is 0.551. The minimum absolute atomic E-state index is 0.0490. The van der Waals surface area contributed by atoms with Gasteiger partial charge in [-0.05, 0) is 13.3 Å². The fourth-order valence-electron chi connectivity index (χ4n) is 1.73. The number of thiazole rings is 1. The lowest BCUT2D eigenvalue weighted by molar-refractivity contribution is 0.277. The van der Waals surface area contributed by atoms with Crippen molar-refractivity contribution in [3.63, 3.8) is 0 Å². The molecular formula is C12H18N4O3S2. The molecule has 0 aliphatic carbocycles. The first-order valence-electron chi connectivity index (χ1n) is 6.55. The number of aryl methyl sites for hydroxylation is 2. The van der Waals surface area contributed by atoms with E-state index >= 15 is 0 Å². The molecule has 0 radical (unpaired) electrons. The zero-order chi connectivity index (χ0) is 15.3. The normalized spacial score (nSPS) is 11.9. The fraction of sp³-hybridized carbons (Fsp3) is 0.500. The number of hydrogen-bond acceptors (Lipinski definition) is 6. The van der Waals surface area contributed by atoms with Crippen LogP contribution in [-0.4, -0.2) is 41.4 Å². The van der Waals surface area contributed by atoms with Gasteiger partial charge in [-0.2, -0.15) is 5.10 Å². The molecular weight excluding hydrogens is 312 g/mol. The summed E-state index contributed by atoms with van der Waals surface area (Å²) in [5, 5.41) is 15.6. The summed E-state index contributed by atoms with van der Waals surface area (Å²) in [5.41, 5.74) is 0.947. The summed E-state index contributed by atoms with van der Waals surface area (Å²) in [7, 11) is -3.55. The summed E-state index contributed by atoms with van der Waals surface area (Å²) in [6, 6.07) is 0. The first-order chi connectivity index (χ1) is 10.0. The number of hydrogen-bond donors (Lipinski definition) is 2. The van der Waals surface area contributed by atoms with Crippen LogP contribution >= 0.6 is 11.3 Å². The van der Waals surface area contributed by atoms with Crippen molar-refractivity contribution in [1.29, 1.82) is 0 Å². The van der Waals surface area contributed by atoms with Gasteiger partial charge in [0.2, 0.25) is 10.0 Å². The van der Waals surface area contributed by atoms with E-state index in [2.05, 4.69) is 14.8 Å². The predicted molar refractivity (Wildman–Crippen MR) is 79.7 cm³/mol. The van der Waals surface area contributed by atoms with Gasteiger partial charge in [0.1, 0.15) is 4.90 Å². The summed E-state index contributed by atoms with van der Waals surface area (Å²) in [5.74, 6) is 0. The van der Waals surface area contributed by atoms with E-state index in [1.165, 1.54) is 28.4 Å². The van der Waals surface area contributed by atoms with Crippen LogP contribution in [0.3, 0.4) is 0 Å².